The van der Waals surface area contributed by atoms with Gasteiger partial charge in [-0.05, 0) is 27.3 Å². The van der Waals surface area contributed by atoms with Gasteiger partial charge < -0.3 is 10.1 Å². The standard InChI is InChI=1S/C14H27N3O/c1-6-7-8-9-12(15-4)14-13(18-5)10-16-17(14)11(2)3/h10-12,15H,6-9H2,1-5H3. The lowest BCUT2D eigenvalue weighted by molar-refractivity contribution is 0.380. The largest absolute Gasteiger partial charge is 0.493 e. The van der Waals surface area contributed by atoms with Crippen molar-refractivity contribution in [3.63, 3.8) is 0 Å². The average Bonchev–Trinajstić information content (AvgIpc) is 2.78. The Kier molecular flexibility index (Phi) is 6.19. The molecule has 1 N–H and O–H groups in total. The number of nitrogens with zero attached hydrogens (tertiary/aromatic N) is 2. The van der Waals surface area contributed by atoms with Crippen molar-refractivity contribution in [2.45, 2.75) is 58.5 Å². The Balaban J connectivity index is 2.91. The first-order valence-corrected chi connectivity index (χ1v) is 6.94. The molecule has 0 amide bonds. The van der Waals surface area contributed by atoms with Crippen molar-refractivity contribution in [3.05, 3.63) is 11.9 Å². The molecule has 4 heteroatoms. The van der Waals surface area contributed by atoms with Crippen LogP contribution in [0.1, 0.15) is 64.2 Å². The second kappa shape index (κ2) is 7.41. The molecule has 1 atom stereocenters. The lowest BCUT2D eigenvalue weighted by Crippen LogP contribution is -2.22. The molecule has 0 radical (unpaired) electrons. The van der Waals surface area contributed by atoms with E-state index in [9.17, 15) is 0 Å². The van der Waals surface area contributed by atoms with Gasteiger partial charge in [-0.25, -0.2) is 0 Å². The van der Waals surface area contributed by atoms with Crippen molar-refractivity contribution in [2.24, 2.45) is 0 Å². The Morgan fingerprint density at radius 1 is 1.39 bits per heavy atom. The van der Waals surface area contributed by atoms with Crippen molar-refractivity contribution in [1.29, 1.82) is 0 Å². The monoisotopic (exact) mass is 253 g/mol. The fourth-order valence-electron chi connectivity index (χ4n) is 2.27. The lowest BCUT2D eigenvalue weighted by atomic mass is 10.0. The van der Waals surface area contributed by atoms with E-state index in [1.54, 1.807) is 7.11 Å². The third-order valence-corrected chi connectivity index (χ3v) is 3.28. The van der Waals surface area contributed by atoms with Crippen molar-refractivity contribution >= 4 is 0 Å². The van der Waals surface area contributed by atoms with E-state index in [4.69, 9.17) is 4.74 Å². The van der Waals surface area contributed by atoms with E-state index in [2.05, 4.69) is 35.9 Å². The van der Waals surface area contributed by atoms with Crippen LogP contribution in [0.2, 0.25) is 0 Å². The fourth-order valence-corrected chi connectivity index (χ4v) is 2.27. The average molecular weight is 253 g/mol. The molecule has 1 aromatic rings. The molecular formula is C14H27N3O. The highest BCUT2D eigenvalue weighted by Gasteiger charge is 2.21. The van der Waals surface area contributed by atoms with Gasteiger partial charge in [-0.2, -0.15) is 5.10 Å². The molecule has 0 aliphatic heterocycles. The summed E-state index contributed by atoms with van der Waals surface area (Å²) < 4.78 is 7.50. The number of ether oxygens (including phenoxy) is 1. The van der Waals surface area contributed by atoms with Crippen LogP contribution in [0.4, 0.5) is 0 Å². The van der Waals surface area contributed by atoms with Crippen LogP contribution < -0.4 is 10.1 Å². The predicted molar refractivity (Wildman–Crippen MR) is 75.1 cm³/mol. The maximum absolute atomic E-state index is 5.44. The van der Waals surface area contributed by atoms with E-state index < -0.39 is 0 Å². The minimum absolute atomic E-state index is 0.316. The summed E-state index contributed by atoms with van der Waals surface area (Å²) in [6.45, 7) is 6.52. The number of rotatable bonds is 8. The number of methoxy groups -OCH3 is 1. The second-order valence-corrected chi connectivity index (χ2v) is 4.97. The van der Waals surface area contributed by atoms with Crippen LogP contribution in [0.5, 0.6) is 5.75 Å². The van der Waals surface area contributed by atoms with Gasteiger partial charge in [0.15, 0.2) is 5.75 Å². The van der Waals surface area contributed by atoms with Gasteiger partial charge in [-0.3, -0.25) is 4.68 Å². The minimum atomic E-state index is 0.316. The molecule has 18 heavy (non-hydrogen) atoms. The molecule has 1 rings (SSSR count). The summed E-state index contributed by atoms with van der Waals surface area (Å²) >= 11 is 0. The molecule has 0 saturated carbocycles. The van der Waals surface area contributed by atoms with Crippen LogP contribution in [0.3, 0.4) is 0 Å². The first kappa shape index (κ1) is 15.0. The zero-order valence-electron chi connectivity index (χ0n) is 12.4. The van der Waals surface area contributed by atoms with Crippen LogP contribution in [-0.2, 0) is 0 Å². The van der Waals surface area contributed by atoms with E-state index in [0.717, 1.165) is 12.2 Å². The zero-order valence-corrected chi connectivity index (χ0v) is 12.4. The van der Waals surface area contributed by atoms with Gasteiger partial charge in [0.1, 0.15) is 0 Å². The van der Waals surface area contributed by atoms with E-state index in [1.165, 1.54) is 25.0 Å². The molecule has 4 nitrogen and oxygen atoms in total. The summed E-state index contributed by atoms with van der Waals surface area (Å²) in [5.74, 6) is 0.888. The summed E-state index contributed by atoms with van der Waals surface area (Å²) in [6.07, 6.45) is 6.69. The molecule has 0 aromatic carbocycles. The summed E-state index contributed by atoms with van der Waals surface area (Å²) in [7, 11) is 3.72. The van der Waals surface area contributed by atoms with Crippen molar-refractivity contribution in [3.8, 4) is 5.75 Å². The molecule has 104 valence electrons. The molecule has 1 unspecified atom stereocenters. The SMILES string of the molecule is CCCCCC(NC)c1c(OC)cnn1C(C)C. The molecule has 1 aromatic heterocycles. The maximum Gasteiger partial charge on any atom is 0.161 e. The Morgan fingerprint density at radius 3 is 2.61 bits per heavy atom. The quantitative estimate of drug-likeness (QED) is 0.722. The molecule has 0 bridgehead atoms. The lowest BCUT2D eigenvalue weighted by Gasteiger charge is -2.21. The zero-order chi connectivity index (χ0) is 13.5. The number of unbranched alkanes of at least 4 members (excludes halogenated alkanes) is 2. The van der Waals surface area contributed by atoms with Gasteiger partial charge in [0.05, 0.1) is 25.0 Å². The fraction of sp³-hybridized carbons (Fsp3) is 0.786. The Hall–Kier alpha value is -1.03. The normalized spacial score (nSPS) is 13.0. The van der Waals surface area contributed by atoms with Gasteiger partial charge in [-0.15, -0.1) is 0 Å². The van der Waals surface area contributed by atoms with E-state index in [0.29, 0.717) is 12.1 Å². The highest BCUT2D eigenvalue weighted by Crippen LogP contribution is 2.30. The number of nitrogens with one attached hydrogen (secondary N) is 1. The summed E-state index contributed by atoms with van der Waals surface area (Å²) in [5, 5.41) is 7.83. The number of aromatic nitrogens is 2. The first-order valence-electron chi connectivity index (χ1n) is 6.94. The van der Waals surface area contributed by atoms with Crippen LogP contribution in [0.15, 0.2) is 6.20 Å². The first-order chi connectivity index (χ1) is 8.65. The van der Waals surface area contributed by atoms with Crippen molar-refractivity contribution < 1.29 is 4.74 Å². The van der Waals surface area contributed by atoms with E-state index >= 15 is 0 Å². The smallest absolute Gasteiger partial charge is 0.161 e. The van der Waals surface area contributed by atoms with Gasteiger partial charge in [0.2, 0.25) is 0 Å². The summed E-state index contributed by atoms with van der Waals surface area (Å²) in [4.78, 5) is 0. The van der Waals surface area contributed by atoms with Crippen LogP contribution in [0, 0.1) is 0 Å². The molecule has 0 aliphatic carbocycles. The molecule has 0 saturated heterocycles. The summed E-state index contributed by atoms with van der Waals surface area (Å²) in [5.41, 5.74) is 1.17. The van der Waals surface area contributed by atoms with Crippen molar-refractivity contribution in [2.75, 3.05) is 14.2 Å². The number of hydrogen-bond donors (Lipinski definition) is 1. The molecule has 0 fully saturated rings. The highest BCUT2D eigenvalue weighted by atomic mass is 16.5. The van der Waals surface area contributed by atoms with E-state index in [1.807, 2.05) is 13.2 Å². The van der Waals surface area contributed by atoms with Crippen LogP contribution in [0.25, 0.3) is 0 Å². The highest BCUT2D eigenvalue weighted by molar-refractivity contribution is 5.28. The van der Waals surface area contributed by atoms with E-state index in [-0.39, 0.29) is 0 Å². The second-order valence-electron chi connectivity index (χ2n) is 4.97. The number of hydrogen-bond acceptors (Lipinski definition) is 3. The maximum atomic E-state index is 5.44. The van der Waals surface area contributed by atoms with Gasteiger partial charge in [0, 0.05) is 6.04 Å². The topological polar surface area (TPSA) is 39.1 Å². The molecular weight excluding hydrogens is 226 g/mol. The Labute approximate surface area is 111 Å². The van der Waals surface area contributed by atoms with Gasteiger partial charge >= 0.3 is 0 Å². The molecule has 0 spiro atoms. The predicted octanol–water partition coefficient (Wildman–Crippen LogP) is 3.31. The summed E-state index contributed by atoms with van der Waals surface area (Å²) in [6, 6.07) is 0.669. The third-order valence-electron chi connectivity index (χ3n) is 3.28. The molecule has 1 heterocycles. The minimum Gasteiger partial charge on any atom is -0.493 e. The van der Waals surface area contributed by atoms with Gasteiger partial charge in [-0.1, -0.05) is 26.2 Å². The Bertz CT molecular complexity index is 347. The van der Waals surface area contributed by atoms with Crippen molar-refractivity contribution in [1.82, 2.24) is 15.1 Å². The van der Waals surface area contributed by atoms with Crippen LogP contribution >= 0.6 is 0 Å². The third kappa shape index (κ3) is 3.48. The Morgan fingerprint density at radius 2 is 2.11 bits per heavy atom. The van der Waals surface area contributed by atoms with Gasteiger partial charge in [0.25, 0.3) is 0 Å². The molecule has 0 aliphatic rings. The van der Waals surface area contributed by atoms with Crippen LogP contribution in [-0.4, -0.2) is 23.9 Å².